The standard InChI is InChI=1S/C18H28O2/c1-17(2,3)12-15(18(4,5)6)16(19)20-13-14-10-8-7-9-11-14/h7-11,15H,12-13H2,1-6H3. The Kier molecular flexibility index (Phi) is 5.38. The van der Waals surface area contributed by atoms with E-state index in [4.69, 9.17) is 4.74 Å². The van der Waals surface area contributed by atoms with Crippen LogP contribution in [0.5, 0.6) is 0 Å². The molecule has 1 rings (SSSR count). The maximum Gasteiger partial charge on any atom is 0.309 e. The lowest BCUT2D eigenvalue weighted by molar-refractivity contribution is -0.155. The van der Waals surface area contributed by atoms with Crippen molar-refractivity contribution in [2.75, 3.05) is 0 Å². The summed E-state index contributed by atoms with van der Waals surface area (Å²) in [5, 5.41) is 0. The zero-order valence-corrected chi connectivity index (χ0v) is 13.7. The number of ether oxygens (including phenoxy) is 1. The van der Waals surface area contributed by atoms with E-state index in [1.54, 1.807) is 0 Å². The molecule has 0 aromatic heterocycles. The Labute approximate surface area is 123 Å². The molecule has 0 aliphatic carbocycles. The number of carbonyl (C=O) groups is 1. The average molecular weight is 276 g/mol. The van der Waals surface area contributed by atoms with E-state index in [1.165, 1.54) is 0 Å². The molecule has 0 aliphatic heterocycles. The van der Waals surface area contributed by atoms with Crippen molar-refractivity contribution in [3.05, 3.63) is 35.9 Å². The summed E-state index contributed by atoms with van der Waals surface area (Å²) in [6.45, 7) is 13.2. The molecule has 1 unspecified atom stereocenters. The molecule has 0 spiro atoms. The highest BCUT2D eigenvalue weighted by molar-refractivity contribution is 5.73. The van der Waals surface area contributed by atoms with Gasteiger partial charge in [0.25, 0.3) is 0 Å². The third-order valence-corrected chi connectivity index (χ3v) is 3.37. The molecular weight excluding hydrogens is 248 g/mol. The summed E-state index contributed by atoms with van der Waals surface area (Å²) >= 11 is 0. The van der Waals surface area contributed by atoms with Crippen molar-refractivity contribution in [3.63, 3.8) is 0 Å². The second-order valence-electron chi connectivity index (χ2n) is 7.78. The molecule has 0 saturated heterocycles. The van der Waals surface area contributed by atoms with Crippen molar-refractivity contribution < 1.29 is 9.53 Å². The van der Waals surface area contributed by atoms with E-state index < -0.39 is 0 Å². The number of esters is 1. The molecule has 2 heteroatoms. The van der Waals surface area contributed by atoms with E-state index >= 15 is 0 Å². The lowest BCUT2D eigenvalue weighted by Crippen LogP contribution is -2.33. The minimum absolute atomic E-state index is 0.0776. The van der Waals surface area contributed by atoms with E-state index in [2.05, 4.69) is 41.5 Å². The zero-order chi connectivity index (χ0) is 15.4. The third kappa shape index (κ3) is 5.77. The minimum Gasteiger partial charge on any atom is -0.461 e. The fourth-order valence-electron chi connectivity index (χ4n) is 2.18. The van der Waals surface area contributed by atoms with Crippen LogP contribution in [0.3, 0.4) is 0 Å². The van der Waals surface area contributed by atoms with Crippen LogP contribution in [0.1, 0.15) is 53.5 Å². The van der Waals surface area contributed by atoms with Crippen LogP contribution >= 0.6 is 0 Å². The van der Waals surface area contributed by atoms with E-state index in [-0.39, 0.29) is 22.7 Å². The van der Waals surface area contributed by atoms with Crippen LogP contribution in [0.4, 0.5) is 0 Å². The van der Waals surface area contributed by atoms with Crippen LogP contribution in [-0.4, -0.2) is 5.97 Å². The summed E-state index contributed by atoms with van der Waals surface area (Å²) < 4.78 is 5.52. The van der Waals surface area contributed by atoms with E-state index in [0.29, 0.717) is 6.61 Å². The van der Waals surface area contributed by atoms with E-state index in [9.17, 15) is 4.79 Å². The Morgan fingerprint density at radius 3 is 2.05 bits per heavy atom. The van der Waals surface area contributed by atoms with Gasteiger partial charge in [-0.15, -0.1) is 0 Å². The number of carbonyl (C=O) groups excluding carboxylic acids is 1. The molecule has 0 bridgehead atoms. The van der Waals surface area contributed by atoms with Gasteiger partial charge in [0, 0.05) is 0 Å². The molecular formula is C18H28O2. The van der Waals surface area contributed by atoms with E-state index in [0.717, 1.165) is 12.0 Å². The van der Waals surface area contributed by atoms with Crippen LogP contribution in [0, 0.1) is 16.7 Å². The Hall–Kier alpha value is -1.31. The lowest BCUT2D eigenvalue weighted by Gasteiger charge is -2.33. The summed E-state index contributed by atoms with van der Waals surface area (Å²) in [6.07, 6.45) is 0.837. The number of hydrogen-bond acceptors (Lipinski definition) is 2. The van der Waals surface area contributed by atoms with Crippen LogP contribution in [0.25, 0.3) is 0 Å². The smallest absolute Gasteiger partial charge is 0.309 e. The van der Waals surface area contributed by atoms with Crippen molar-refractivity contribution >= 4 is 5.97 Å². The summed E-state index contributed by atoms with van der Waals surface area (Å²) in [5.74, 6) is -0.164. The Balaban J connectivity index is 2.69. The largest absolute Gasteiger partial charge is 0.461 e. The first-order chi connectivity index (χ1) is 9.09. The quantitative estimate of drug-likeness (QED) is 0.736. The summed E-state index contributed by atoms with van der Waals surface area (Å²) in [4.78, 5) is 12.4. The normalized spacial score (nSPS) is 13.9. The summed E-state index contributed by atoms with van der Waals surface area (Å²) in [6, 6.07) is 9.83. The van der Waals surface area contributed by atoms with Crippen LogP contribution in [0.15, 0.2) is 30.3 Å². The van der Waals surface area contributed by atoms with Gasteiger partial charge in [-0.1, -0.05) is 71.9 Å². The van der Waals surface area contributed by atoms with Gasteiger partial charge < -0.3 is 4.74 Å². The van der Waals surface area contributed by atoms with Gasteiger partial charge in [-0.3, -0.25) is 4.79 Å². The maximum atomic E-state index is 12.4. The van der Waals surface area contributed by atoms with Gasteiger partial charge in [0.2, 0.25) is 0 Å². The lowest BCUT2D eigenvalue weighted by atomic mass is 9.72. The second kappa shape index (κ2) is 6.43. The molecule has 0 amide bonds. The van der Waals surface area contributed by atoms with Crippen LogP contribution in [0.2, 0.25) is 0 Å². The molecule has 0 aliphatic rings. The molecule has 0 N–H and O–H groups in total. The highest BCUT2D eigenvalue weighted by Gasteiger charge is 2.35. The highest BCUT2D eigenvalue weighted by atomic mass is 16.5. The first-order valence-corrected chi connectivity index (χ1v) is 7.30. The fourth-order valence-corrected chi connectivity index (χ4v) is 2.18. The molecule has 0 radical (unpaired) electrons. The van der Waals surface area contributed by atoms with Gasteiger partial charge in [0.05, 0.1) is 5.92 Å². The van der Waals surface area contributed by atoms with Gasteiger partial charge in [0.1, 0.15) is 6.61 Å². The predicted molar refractivity (Wildman–Crippen MR) is 83.3 cm³/mol. The van der Waals surface area contributed by atoms with Crippen molar-refractivity contribution in [3.8, 4) is 0 Å². The molecule has 0 fully saturated rings. The first kappa shape index (κ1) is 16.7. The highest BCUT2D eigenvalue weighted by Crippen LogP contribution is 2.36. The van der Waals surface area contributed by atoms with Crippen LogP contribution < -0.4 is 0 Å². The topological polar surface area (TPSA) is 26.3 Å². The number of rotatable bonds is 4. The van der Waals surface area contributed by atoms with Crippen molar-refractivity contribution in [1.82, 2.24) is 0 Å². The predicted octanol–water partition coefficient (Wildman–Crippen LogP) is 4.83. The van der Waals surface area contributed by atoms with Crippen LogP contribution in [-0.2, 0) is 16.1 Å². The third-order valence-electron chi connectivity index (χ3n) is 3.37. The SMILES string of the molecule is CC(C)(C)CC(C(=O)OCc1ccccc1)C(C)(C)C. The average Bonchev–Trinajstić information content (AvgIpc) is 2.32. The molecule has 1 atom stereocenters. The number of hydrogen-bond donors (Lipinski definition) is 0. The Morgan fingerprint density at radius 2 is 1.60 bits per heavy atom. The van der Waals surface area contributed by atoms with E-state index in [1.807, 2.05) is 30.3 Å². The Morgan fingerprint density at radius 1 is 1.05 bits per heavy atom. The van der Waals surface area contributed by atoms with Crippen molar-refractivity contribution in [1.29, 1.82) is 0 Å². The molecule has 1 aromatic rings. The van der Waals surface area contributed by atoms with Gasteiger partial charge in [-0.05, 0) is 22.8 Å². The first-order valence-electron chi connectivity index (χ1n) is 7.30. The molecule has 0 heterocycles. The Bertz CT molecular complexity index is 421. The molecule has 1 aromatic carbocycles. The van der Waals surface area contributed by atoms with Crippen molar-refractivity contribution in [2.45, 2.75) is 54.6 Å². The van der Waals surface area contributed by atoms with Gasteiger partial charge in [-0.25, -0.2) is 0 Å². The maximum absolute atomic E-state index is 12.4. The molecule has 2 nitrogen and oxygen atoms in total. The van der Waals surface area contributed by atoms with Gasteiger partial charge in [0.15, 0.2) is 0 Å². The monoisotopic (exact) mass is 276 g/mol. The minimum atomic E-state index is -0.0868. The molecule has 20 heavy (non-hydrogen) atoms. The fraction of sp³-hybridized carbons (Fsp3) is 0.611. The van der Waals surface area contributed by atoms with Gasteiger partial charge >= 0.3 is 5.97 Å². The van der Waals surface area contributed by atoms with Crippen molar-refractivity contribution in [2.24, 2.45) is 16.7 Å². The molecule has 112 valence electrons. The summed E-state index contributed by atoms with van der Waals surface area (Å²) in [7, 11) is 0. The van der Waals surface area contributed by atoms with Gasteiger partial charge in [-0.2, -0.15) is 0 Å². The summed E-state index contributed by atoms with van der Waals surface area (Å²) in [5.41, 5.74) is 1.06. The second-order valence-corrected chi connectivity index (χ2v) is 7.78. The number of benzene rings is 1. The molecule has 0 saturated carbocycles. The zero-order valence-electron chi connectivity index (χ0n) is 13.7.